The third-order valence-electron chi connectivity index (χ3n) is 4.32. The Morgan fingerprint density at radius 2 is 1.90 bits per heavy atom. The van der Waals surface area contributed by atoms with Gasteiger partial charge in [0, 0.05) is 31.6 Å². The average Bonchev–Trinajstić information content (AvgIpc) is 3.23. The Kier molecular flexibility index (Phi) is 5.62. The number of amides is 1. The van der Waals surface area contributed by atoms with Gasteiger partial charge in [0.25, 0.3) is 0 Å². The summed E-state index contributed by atoms with van der Waals surface area (Å²) in [6, 6.07) is 0.0620. The molecule has 1 amide bonds. The standard InChI is InChI=1S/C14H27N3O3S/c1-2-9-21(19,20)17-7-5-12(6-8-17)16-14(18)10-13(15)11-3-4-11/h11-13H,2-10,15H2,1H3,(H,16,18). The summed E-state index contributed by atoms with van der Waals surface area (Å²) in [6.07, 6.45) is 4.68. The minimum absolute atomic E-state index is 0.00395. The van der Waals surface area contributed by atoms with E-state index in [4.69, 9.17) is 5.73 Å². The molecular formula is C14H27N3O3S. The van der Waals surface area contributed by atoms with Crippen molar-refractivity contribution in [3.8, 4) is 0 Å². The van der Waals surface area contributed by atoms with Crippen LogP contribution in [0.2, 0.25) is 0 Å². The zero-order valence-electron chi connectivity index (χ0n) is 12.8. The van der Waals surface area contributed by atoms with Crippen LogP contribution in [-0.4, -0.2) is 49.6 Å². The largest absolute Gasteiger partial charge is 0.353 e. The molecule has 1 aliphatic carbocycles. The molecule has 3 N–H and O–H groups in total. The fourth-order valence-electron chi connectivity index (χ4n) is 2.86. The summed E-state index contributed by atoms with van der Waals surface area (Å²) in [4.78, 5) is 11.9. The van der Waals surface area contributed by atoms with Crippen molar-refractivity contribution in [2.24, 2.45) is 11.7 Å². The van der Waals surface area contributed by atoms with Crippen LogP contribution in [-0.2, 0) is 14.8 Å². The van der Waals surface area contributed by atoms with E-state index in [1.165, 1.54) is 0 Å². The SMILES string of the molecule is CCCS(=O)(=O)N1CCC(NC(=O)CC(N)C2CC2)CC1. The molecule has 0 aromatic rings. The number of piperidine rings is 1. The van der Waals surface area contributed by atoms with Crippen molar-refractivity contribution < 1.29 is 13.2 Å². The second-order valence-corrected chi connectivity index (χ2v) is 8.35. The van der Waals surface area contributed by atoms with Crippen LogP contribution in [0.15, 0.2) is 0 Å². The van der Waals surface area contributed by atoms with E-state index < -0.39 is 10.0 Å². The van der Waals surface area contributed by atoms with Crippen molar-refractivity contribution in [2.45, 2.75) is 57.5 Å². The molecule has 21 heavy (non-hydrogen) atoms. The maximum Gasteiger partial charge on any atom is 0.221 e. The third kappa shape index (κ3) is 4.93. The lowest BCUT2D eigenvalue weighted by molar-refractivity contribution is -0.122. The first kappa shape index (κ1) is 16.7. The van der Waals surface area contributed by atoms with Gasteiger partial charge in [0.2, 0.25) is 15.9 Å². The first-order valence-corrected chi connectivity index (χ1v) is 9.56. The lowest BCUT2D eigenvalue weighted by Crippen LogP contribution is -2.47. The van der Waals surface area contributed by atoms with Crippen LogP contribution < -0.4 is 11.1 Å². The van der Waals surface area contributed by atoms with Crippen LogP contribution in [0.3, 0.4) is 0 Å². The van der Waals surface area contributed by atoms with Gasteiger partial charge in [-0.3, -0.25) is 4.79 Å². The van der Waals surface area contributed by atoms with Crippen LogP contribution in [0.5, 0.6) is 0 Å². The maximum absolute atomic E-state index is 12.0. The monoisotopic (exact) mass is 317 g/mol. The van der Waals surface area contributed by atoms with Crippen LogP contribution in [0.4, 0.5) is 0 Å². The quantitative estimate of drug-likeness (QED) is 0.712. The number of carbonyl (C=O) groups excluding carboxylic acids is 1. The molecule has 122 valence electrons. The molecule has 1 unspecified atom stereocenters. The fraction of sp³-hybridized carbons (Fsp3) is 0.929. The van der Waals surface area contributed by atoms with E-state index in [1.54, 1.807) is 4.31 Å². The summed E-state index contributed by atoms with van der Waals surface area (Å²) in [5, 5.41) is 3.00. The molecule has 1 aliphatic heterocycles. The van der Waals surface area contributed by atoms with Gasteiger partial charge in [0.1, 0.15) is 0 Å². The molecule has 1 saturated heterocycles. The Balaban J connectivity index is 1.72. The normalized spacial score (nSPS) is 23.0. The molecule has 1 heterocycles. The fourth-order valence-corrected chi connectivity index (χ4v) is 4.40. The van der Waals surface area contributed by atoms with Gasteiger partial charge in [-0.1, -0.05) is 6.92 Å². The Hall–Kier alpha value is -0.660. The highest BCUT2D eigenvalue weighted by molar-refractivity contribution is 7.89. The Bertz CT molecular complexity index is 454. The molecule has 0 aromatic heterocycles. The molecule has 0 radical (unpaired) electrons. The lowest BCUT2D eigenvalue weighted by Gasteiger charge is -2.31. The van der Waals surface area contributed by atoms with Gasteiger partial charge in [-0.25, -0.2) is 12.7 Å². The summed E-state index contributed by atoms with van der Waals surface area (Å²) in [5.74, 6) is 0.737. The highest BCUT2D eigenvalue weighted by atomic mass is 32.2. The van der Waals surface area contributed by atoms with E-state index in [0.29, 0.717) is 44.7 Å². The van der Waals surface area contributed by atoms with E-state index in [9.17, 15) is 13.2 Å². The third-order valence-corrected chi connectivity index (χ3v) is 6.40. The van der Waals surface area contributed by atoms with Crippen molar-refractivity contribution in [2.75, 3.05) is 18.8 Å². The lowest BCUT2D eigenvalue weighted by atomic mass is 10.1. The number of sulfonamides is 1. The number of nitrogens with zero attached hydrogens (tertiary/aromatic N) is 1. The van der Waals surface area contributed by atoms with E-state index in [-0.39, 0.29) is 23.7 Å². The van der Waals surface area contributed by atoms with E-state index >= 15 is 0 Å². The van der Waals surface area contributed by atoms with Crippen LogP contribution in [0.1, 0.15) is 45.4 Å². The molecule has 1 saturated carbocycles. The van der Waals surface area contributed by atoms with Gasteiger partial charge in [-0.2, -0.15) is 0 Å². The molecule has 2 aliphatic rings. The zero-order valence-corrected chi connectivity index (χ0v) is 13.6. The van der Waals surface area contributed by atoms with Crippen molar-refractivity contribution in [1.82, 2.24) is 9.62 Å². The van der Waals surface area contributed by atoms with Crippen LogP contribution in [0, 0.1) is 5.92 Å². The van der Waals surface area contributed by atoms with Crippen LogP contribution in [0.25, 0.3) is 0 Å². The van der Waals surface area contributed by atoms with Crippen molar-refractivity contribution in [1.29, 1.82) is 0 Å². The van der Waals surface area contributed by atoms with Gasteiger partial charge in [-0.15, -0.1) is 0 Å². The molecule has 0 aromatic carbocycles. The number of nitrogens with two attached hydrogens (primary N) is 1. The Labute approximate surface area is 127 Å². The van der Waals surface area contributed by atoms with Gasteiger partial charge in [0.15, 0.2) is 0 Å². The average molecular weight is 317 g/mol. The first-order valence-electron chi connectivity index (χ1n) is 7.95. The zero-order chi connectivity index (χ0) is 15.5. The van der Waals surface area contributed by atoms with Crippen LogP contribution >= 0.6 is 0 Å². The molecule has 2 rings (SSSR count). The number of hydrogen-bond donors (Lipinski definition) is 2. The maximum atomic E-state index is 12.0. The Morgan fingerprint density at radius 1 is 1.29 bits per heavy atom. The van der Waals surface area contributed by atoms with Gasteiger partial charge < -0.3 is 11.1 Å². The molecule has 6 nitrogen and oxygen atoms in total. The predicted octanol–water partition coefficient (Wildman–Crippen LogP) is 0.434. The van der Waals surface area contributed by atoms with Gasteiger partial charge in [-0.05, 0) is 38.0 Å². The summed E-state index contributed by atoms with van der Waals surface area (Å²) in [5.41, 5.74) is 5.95. The number of carbonyl (C=O) groups is 1. The molecule has 0 spiro atoms. The smallest absolute Gasteiger partial charge is 0.221 e. The number of rotatable bonds is 7. The summed E-state index contributed by atoms with van der Waals surface area (Å²) in [6.45, 7) is 2.87. The van der Waals surface area contributed by atoms with Crippen molar-refractivity contribution >= 4 is 15.9 Å². The van der Waals surface area contributed by atoms with Crippen molar-refractivity contribution in [3.05, 3.63) is 0 Å². The Morgan fingerprint density at radius 3 is 2.43 bits per heavy atom. The number of nitrogens with one attached hydrogen (secondary N) is 1. The minimum atomic E-state index is -3.11. The summed E-state index contributed by atoms with van der Waals surface area (Å²) < 4.78 is 25.5. The van der Waals surface area contributed by atoms with Gasteiger partial charge >= 0.3 is 0 Å². The highest BCUT2D eigenvalue weighted by Crippen LogP contribution is 2.32. The van der Waals surface area contributed by atoms with Crippen molar-refractivity contribution in [3.63, 3.8) is 0 Å². The predicted molar refractivity (Wildman–Crippen MR) is 82.1 cm³/mol. The number of hydrogen-bond acceptors (Lipinski definition) is 4. The van der Waals surface area contributed by atoms with Gasteiger partial charge in [0.05, 0.1) is 5.75 Å². The first-order chi connectivity index (χ1) is 9.92. The van der Waals surface area contributed by atoms with E-state index in [1.807, 2.05) is 6.92 Å². The molecule has 0 bridgehead atoms. The minimum Gasteiger partial charge on any atom is -0.353 e. The molecular weight excluding hydrogens is 290 g/mol. The topological polar surface area (TPSA) is 92.5 Å². The molecule has 1 atom stereocenters. The molecule has 7 heteroatoms. The summed E-state index contributed by atoms with van der Waals surface area (Å²) in [7, 11) is -3.11. The van der Waals surface area contributed by atoms with E-state index in [2.05, 4.69) is 5.32 Å². The highest BCUT2D eigenvalue weighted by Gasteiger charge is 2.31. The summed E-state index contributed by atoms with van der Waals surface area (Å²) >= 11 is 0. The molecule has 2 fully saturated rings. The van der Waals surface area contributed by atoms with E-state index in [0.717, 1.165) is 12.8 Å². The second-order valence-electron chi connectivity index (χ2n) is 6.26. The second kappa shape index (κ2) is 7.07.